The number of aromatic carboxylic acids is 2. The van der Waals surface area contributed by atoms with Crippen LogP contribution in [0.2, 0.25) is 0 Å². The number of hydrogen-bond donors (Lipinski definition) is 6. The molecule has 2 aromatic carbocycles. The maximum Gasteiger partial charge on any atom is 0.335 e. The van der Waals surface area contributed by atoms with E-state index >= 15 is 0 Å². The van der Waals surface area contributed by atoms with Gasteiger partial charge < -0.3 is 31.5 Å². The Labute approximate surface area is 314 Å². The van der Waals surface area contributed by atoms with Crippen LogP contribution in [0.25, 0.3) is 0 Å². The minimum atomic E-state index is -1.02. The summed E-state index contributed by atoms with van der Waals surface area (Å²) in [6.07, 6.45) is 10.8. The standard InChI is InChI=1S/C41H60N4O8/c1-5-28(3)36(44-34(46)26-30-16-20-32(21-17-30)40(50)51)38(48)42-24-14-12-10-8-7-9-11-13-15-25-43-39(49)37(29(4)6-2)45-35(47)27-31-18-22-33(23-19-31)41(52)53/h16-23,28-29,36-37H,5-15,24-27H2,1-4H3,(H,42,48)(H,43,49)(H,44,46)(H,45,47)(H,50,51)(H,52,53)/t28?,29?,36-,37-/m0/s1. The lowest BCUT2D eigenvalue weighted by Crippen LogP contribution is -2.50. The number of carboxylic acids is 2. The van der Waals surface area contributed by atoms with Gasteiger partial charge in [-0.1, -0.05) is 110 Å². The molecule has 0 aliphatic heterocycles. The lowest BCUT2D eigenvalue weighted by atomic mass is 9.97. The molecule has 0 aliphatic carbocycles. The third kappa shape index (κ3) is 17.1. The third-order valence-electron chi connectivity index (χ3n) is 9.71. The lowest BCUT2D eigenvalue weighted by Gasteiger charge is -2.23. The molecule has 292 valence electrons. The van der Waals surface area contributed by atoms with Gasteiger partial charge in [0.2, 0.25) is 23.6 Å². The van der Waals surface area contributed by atoms with E-state index < -0.39 is 24.0 Å². The van der Waals surface area contributed by atoms with Crippen LogP contribution in [0.3, 0.4) is 0 Å². The van der Waals surface area contributed by atoms with E-state index in [9.17, 15) is 28.8 Å². The van der Waals surface area contributed by atoms with Crippen molar-refractivity contribution in [2.75, 3.05) is 13.1 Å². The van der Waals surface area contributed by atoms with Crippen LogP contribution >= 0.6 is 0 Å². The van der Waals surface area contributed by atoms with E-state index in [4.69, 9.17) is 10.2 Å². The summed E-state index contributed by atoms with van der Waals surface area (Å²) < 4.78 is 0. The largest absolute Gasteiger partial charge is 0.478 e. The third-order valence-corrected chi connectivity index (χ3v) is 9.71. The number of carbonyl (C=O) groups is 6. The van der Waals surface area contributed by atoms with Crippen molar-refractivity contribution >= 4 is 35.6 Å². The Hall–Kier alpha value is -4.74. The Morgan fingerprint density at radius 3 is 1.09 bits per heavy atom. The van der Waals surface area contributed by atoms with E-state index in [1.807, 2.05) is 27.7 Å². The van der Waals surface area contributed by atoms with Crippen LogP contribution in [-0.2, 0) is 32.0 Å². The fraction of sp³-hybridized carbons (Fsp3) is 0.561. The summed E-state index contributed by atoms with van der Waals surface area (Å²) in [5, 5.41) is 29.8. The van der Waals surface area contributed by atoms with Crippen molar-refractivity contribution in [2.24, 2.45) is 11.8 Å². The number of rotatable bonds is 26. The normalized spacial score (nSPS) is 13.2. The van der Waals surface area contributed by atoms with E-state index in [0.29, 0.717) is 24.2 Å². The first-order valence-electron chi connectivity index (χ1n) is 19.1. The van der Waals surface area contributed by atoms with Crippen LogP contribution in [0.5, 0.6) is 0 Å². The molecular weight excluding hydrogens is 676 g/mol. The molecule has 12 nitrogen and oxygen atoms in total. The maximum atomic E-state index is 12.9. The summed E-state index contributed by atoms with van der Waals surface area (Å²) in [5.41, 5.74) is 1.66. The highest BCUT2D eigenvalue weighted by atomic mass is 16.4. The molecular formula is C41H60N4O8. The number of benzene rings is 2. The van der Waals surface area contributed by atoms with Gasteiger partial charge in [0, 0.05) is 13.1 Å². The molecule has 0 heterocycles. The lowest BCUT2D eigenvalue weighted by molar-refractivity contribution is -0.130. The SMILES string of the molecule is CCC(C)[C@H](NC(=O)Cc1ccc(C(=O)O)cc1)C(=O)NCCCCCCCCCCCNC(=O)[C@@H](NC(=O)Cc1ccc(C(=O)O)cc1)C(C)CC. The van der Waals surface area contributed by atoms with Crippen LogP contribution in [-0.4, -0.2) is 71.0 Å². The molecule has 0 saturated heterocycles. The zero-order valence-corrected chi connectivity index (χ0v) is 31.9. The monoisotopic (exact) mass is 736 g/mol. The average molecular weight is 737 g/mol. The maximum absolute atomic E-state index is 12.9. The Morgan fingerprint density at radius 2 is 0.811 bits per heavy atom. The van der Waals surface area contributed by atoms with Gasteiger partial charge in [0.15, 0.2) is 0 Å². The Balaban J connectivity index is 1.57. The zero-order chi connectivity index (χ0) is 39.2. The van der Waals surface area contributed by atoms with Gasteiger partial charge in [0.05, 0.1) is 24.0 Å². The molecule has 0 fully saturated rings. The smallest absolute Gasteiger partial charge is 0.335 e. The predicted octanol–water partition coefficient (Wildman–Crippen LogP) is 5.67. The number of unbranched alkanes of at least 4 members (excludes halogenated alkanes) is 8. The zero-order valence-electron chi connectivity index (χ0n) is 31.9. The first-order chi connectivity index (χ1) is 25.4. The Morgan fingerprint density at radius 1 is 0.509 bits per heavy atom. The summed E-state index contributed by atoms with van der Waals surface area (Å²) in [6, 6.07) is 11.0. The van der Waals surface area contributed by atoms with E-state index in [1.54, 1.807) is 24.3 Å². The van der Waals surface area contributed by atoms with Crippen molar-refractivity contribution in [1.29, 1.82) is 0 Å². The average Bonchev–Trinajstić information content (AvgIpc) is 3.14. The molecule has 0 saturated carbocycles. The second-order valence-electron chi connectivity index (χ2n) is 14.0. The van der Waals surface area contributed by atoms with Gasteiger partial charge in [-0.15, -0.1) is 0 Å². The van der Waals surface area contributed by atoms with Gasteiger partial charge in [-0.05, 0) is 60.1 Å². The molecule has 12 heteroatoms. The topological polar surface area (TPSA) is 191 Å². The molecule has 2 aromatic rings. The minimum absolute atomic E-state index is 0.0381. The number of carbonyl (C=O) groups excluding carboxylic acids is 4. The van der Waals surface area contributed by atoms with E-state index in [0.717, 1.165) is 70.6 Å². The van der Waals surface area contributed by atoms with Crippen LogP contribution < -0.4 is 21.3 Å². The number of hydrogen-bond acceptors (Lipinski definition) is 6. The second kappa shape index (κ2) is 24.5. The van der Waals surface area contributed by atoms with Crippen LogP contribution in [0.15, 0.2) is 48.5 Å². The van der Waals surface area contributed by atoms with Crippen molar-refractivity contribution in [3.8, 4) is 0 Å². The fourth-order valence-corrected chi connectivity index (χ4v) is 5.88. The summed E-state index contributed by atoms with van der Waals surface area (Å²) in [4.78, 5) is 73.3. The highest BCUT2D eigenvalue weighted by molar-refractivity contribution is 5.90. The Bertz CT molecular complexity index is 1350. The molecule has 2 rings (SSSR count). The molecule has 0 radical (unpaired) electrons. The summed E-state index contributed by atoms with van der Waals surface area (Å²) in [5.74, 6) is -3.06. The molecule has 6 N–H and O–H groups in total. The van der Waals surface area contributed by atoms with E-state index in [1.165, 1.54) is 24.3 Å². The van der Waals surface area contributed by atoms with Crippen molar-refractivity contribution < 1.29 is 39.0 Å². The highest BCUT2D eigenvalue weighted by Gasteiger charge is 2.27. The molecule has 2 unspecified atom stereocenters. The van der Waals surface area contributed by atoms with Crippen LogP contribution in [0, 0.1) is 11.8 Å². The number of nitrogens with one attached hydrogen (secondary N) is 4. The van der Waals surface area contributed by atoms with Crippen molar-refractivity contribution in [3.63, 3.8) is 0 Å². The van der Waals surface area contributed by atoms with Crippen LogP contribution in [0.4, 0.5) is 0 Å². The first-order valence-corrected chi connectivity index (χ1v) is 19.1. The summed E-state index contributed by atoms with van der Waals surface area (Å²) in [7, 11) is 0. The quantitative estimate of drug-likeness (QED) is 0.0666. The Kier molecular flexibility index (Phi) is 20.5. The minimum Gasteiger partial charge on any atom is -0.478 e. The van der Waals surface area contributed by atoms with Crippen molar-refractivity contribution in [3.05, 3.63) is 70.8 Å². The molecule has 0 aliphatic rings. The van der Waals surface area contributed by atoms with Crippen LogP contribution in [0.1, 0.15) is 130 Å². The van der Waals surface area contributed by atoms with Gasteiger partial charge >= 0.3 is 11.9 Å². The molecule has 53 heavy (non-hydrogen) atoms. The van der Waals surface area contributed by atoms with Gasteiger partial charge in [-0.2, -0.15) is 0 Å². The van der Waals surface area contributed by atoms with E-state index in [-0.39, 0.29) is 59.4 Å². The molecule has 0 spiro atoms. The number of amides is 4. The molecule has 4 amide bonds. The van der Waals surface area contributed by atoms with Crippen molar-refractivity contribution in [2.45, 2.75) is 123 Å². The molecule has 0 bridgehead atoms. The van der Waals surface area contributed by atoms with E-state index in [2.05, 4.69) is 21.3 Å². The fourth-order valence-electron chi connectivity index (χ4n) is 5.88. The summed E-state index contributed by atoms with van der Waals surface area (Å²) >= 11 is 0. The van der Waals surface area contributed by atoms with Gasteiger partial charge in [0.1, 0.15) is 12.1 Å². The highest BCUT2D eigenvalue weighted by Crippen LogP contribution is 2.13. The van der Waals surface area contributed by atoms with Gasteiger partial charge in [0.25, 0.3) is 0 Å². The number of carboxylic acid groups (broad SMARTS) is 2. The van der Waals surface area contributed by atoms with Crippen molar-refractivity contribution in [1.82, 2.24) is 21.3 Å². The molecule has 4 atom stereocenters. The van der Waals surface area contributed by atoms with Gasteiger partial charge in [-0.25, -0.2) is 9.59 Å². The first kappa shape index (κ1) is 44.4. The van der Waals surface area contributed by atoms with Gasteiger partial charge in [-0.3, -0.25) is 19.2 Å². The molecule has 0 aromatic heterocycles. The summed E-state index contributed by atoms with van der Waals surface area (Å²) in [6.45, 7) is 8.92. The second-order valence-corrected chi connectivity index (χ2v) is 14.0. The predicted molar refractivity (Wildman–Crippen MR) is 205 cm³/mol.